The van der Waals surface area contributed by atoms with Crippen LogP contribution in [0, 0.1) is 5.92 Å². The van der Waals surface area contributed by atoms with Gasteiger partial charge in [0.15, 0.2) is 0 Å². The molecular formula is C13H27ClN2O. The van der Waals surface area contributed by atoms with Crippen molar-refractivity contribution in [3.05, 3.63) is 0 Å². The molecule has 0 aromatic heterocycles. The Labute approximate surface area is 112 Å². The van der Waals surface area contributed by atoms with Gasteiger partial charge in [0.05, 0.1) is 6.10 Å². The summed E-state index contributed by atoms with van der Waals surface area (Å²) >= 11 is 0. The van der Waals surface area contributed by atoms with Gasteiger partial charge in [-0.05, 0) is 58.2 Å². The second kappa shape index (κ2) is 8.30. The number of hydrogen-bond donors (Lipinski definition) is 1. The number of rotatable bonds is 4. The molecule has 0 radical (unpaired) electrons. The van der Waals surface area contributed by atoms with Gasteiger partial charge in [-0.1, -0.05) is 0 Å². The van der Waals surface area contributed by atoms with Crippen LogP contribution in [0.15, 0.2) is 0 Å². The number of likely N-dealkylation sites (N-methyl/N-ethyl adjacent to an activating group) is 1. The highest BCUT2D eigenvalue weighted by molar-refractivity contribution is 5.85. The van der Waals surface area contributed by atoms with Crippen LogP contribution in [-0.2, 0) is 4.74 Å². The summed E-state index contributed by atoms with van der Waals surface area (Å²) in [7, 11) is 2.25. The Morgan fingerprint density at radius 2 is 1.88 bits per heavy atom. The molecule has 0 saturated carbocycles. The molecule has 102 valence electrons. The standard InChI is InChI=1S/C13H26N2O.ClH/c1-15(10-12-5-7-14-8-6-12)11-13-4-2-3-9-16-13;/h12-14H,2-11H2,1H3;1H. The maximum atomic E-state index is 5.78. The SMILES string of the molecule is CN(CC1CCNCC1)CC1CCCCO1.Cl. The number of nitrogens with zero attached hydrogens (tertiary/aromatic N) is 1. The average molecular weight is 263 g/mol. The molecule has 1 unspecified atom stereocenters. The molecule has 1 N–H and O–H groups in total. The maximum absolute atomic E-state index is 5.78. The first-order valence-electron chi connectivity index (χ1n) is 6.85. The molecule has 2 saturated heterocycles. The zero-order chi connectivity index (χ0) is 11.2. The second-order valence-electron chi connectivity index (χ2n) is 5.40. The smallest absolute Gasteiger partial charge is 0.0701 e. The number of hydrogen-bond acceptors (Lipinski definition) is 3. The normalized spacial score (nSPS) is 26.8. The van der Waals surface area contributed by atoms with Crippen LogP contribution in [0.25, 0.3) is 0 Å². The lowest BCUT2D eigenvalue weighted by molar-refractivity contribution is -0.00404. The van der Waals surface area contributed by atoms with E-state index in [0.717, 1.165) is 19.1 Å². The zero-order valence-electron chi connectivity index (χ0n) is 11.0. The third-order valence-electron chi connectivity index (χ3n) is 3.82. The molecule has 0 spiro atoms. The van der Waals surface area contributed by atoms with Crippen LogP contribution in [-0.4, -0.2) is 50.8 Å². The van der Waals surface area contributed by atoms with Gasteiger partial charge in [0.2, 0.25) is 0 Å². The molecule has 4 heteroatoms. The molecule has 3 nitrogen and oxygen atoms in total. The Hall–Kier alpha value is 0.170. The fourth-order valence-corrected chi connectivity index (χ4v) is 2.88. The van der Waals surface area contributed by atoms with E-state index in [9.17, 15) is 0 Å². The van der Waals surface area contributed by atoms with Crippen LogP contribution in [0.3, 0.4) is 0 Å². The van der Waals surface area contributed by atoms with Crippen molar-refractivity contribution in [3.8, 4) is 0 Å². The van der Waals surface area contributed by atoms with Crippen molar-refractivity contribution in [2.75, 3.05) is 39.8 Å². The minimum absolute atomic E-state index is 0. The van der Waals surface area contributed by atoms with Crippen molar-refractivity contribution in [2.45, 2.75) is 38.2 Å². The molecule has 0 aromatic rings. The van der Waals surface area contributed by atoms with Crippen molar-refractivity contribution in [2.24, 2.45) is 5.92 Å². The third-order valence-corrected chi connectivity index (χ3v) is 3.82. The molecule has 2 fully saturated rings. The van der Waals surface area contributed by atoms with Crippen LogP contribution in [0.5, 0.6) is 0 Å². The van der Waals surface area contributed by atoms with Crippen LogP contribution >= 0.6 is 12.4 Å². The Balaban J connectivity index is 0.00000144. The van der Waals surface area contributed by atoms with Crippen molar-refractivity contribution < 1.29 is 4.74 Å². The highest BCUT2D eigenvalue weighted by Gasteiger charge is 2.19. The quantitative estimate of drug-likeness (QED) is 0.838. The summed E-state index contributed by atoms with van der Waals surface area (Å²) in [5, 5.41) is 3.43. The van der Waals surface area contributed by atoms with Gasteiger partial charge < -0.3 is 15.0 Å². The van der Waals surface area contributed by atoms with E-state index in [1.807, 2.05) is 0 Å². The summed E-state index contributed by atoms with van der Waals surface area (Å²) in [4.78, 5) is 2.48. The first-order chi connectivity index (χ1) is 7.84. The van der Waals surface area contributed by atoms with Gasteiger partial charge >= 0.3 is 0 Å². The first kappa shape index (κ1) is 15.2. The lowest BCUT2D eigenvalue weighted by Crippen LogP contribution is -2.39. The first-order valence-corrected chi connectivity index (χ1v) is 6.85. The molecule has 0 amide bonds. The van der Waals surface area contributed by atoms with E-state index in [4.69, 9.17) is 4.74 Å². The molecule has 2 rings (SSSR count). The van der Waals surface area contributed by atoms with Gasteiger partial charge in [0.1, 0.15) is 0 Å². The molecule has 0 aliphatic carbocycles. The molecule has 17 heavy (non-hydrogen) atoms. The van der Waals surface area contributed by atoms with E-state index in [0.29, 0.717) is 6.10 Å². The average Bonchev–Trinajstić information content (AvgIpc) is 2.31. The molecule has 2 aliphatic heterocycles. The third kappa shape index (κ3) is 5.56. The Morgan fingerprint density at radius 1 is 1.12 bits per heavy atom. The topological polar surface area (TPSA) is 24.5 Å². The van der Waals surface area contributed by atoms with Gasteiger partial charge in [-0.15, -0.1) is 12.4 Å². The van der Waals surface area contributed by atoms with Gasteiger partial charge in [-0.3, -0.25) is 0 Å². The minimum Gasteiger partial charge on any atom is -0.377 e. The largest absolute Gasteiger partial charge is 0.377 e. The fraction of sp³-hybridized carbons (Fsp3) is 1.00. The van der Waals surface area contributed by atoms with Gasteiger partial charge in [-0.25, -0.2) is 0 Å². The molecule has 0 aromatic carbocycles. The molecule has 2 heterocycles. The number of nitrogens with one attached hydrogen (secondary N) is 1. The summed E-state index contributed by atoms with van der Waals surface area (Å²) in [6.07, 6.45) is 7.06. The highest BCUT2D eigenvalue weighted by Crippen LogP contribution is 2.16. The summed E-state index contributed by atoms with van der Waals surface area (Å²) < 4.78 is 5.78. The second-order valence-corrected chi connectivity index (χ2v) is 5.40. The molecule has 0 bridgehead atoms. The van der Waals surface area contributed by atoms with E-state index in [-0.39, 0.29) is 12.4 Å². The summed E-state index contributed by atoms with van der Waals surface area (Å²) in [5.41, 5.74) is 0. The Bertz CT molecular complexity index is 172. The molecule has 1 atom stereocenters. The van der Waals surface area contributed by atoms with Crippen LogP contribution in [0.4, 0.5) is 0 Å². The van der Waals surface area contributed by atoms with Crippen molar-refractivity contribution in [1.29, 1.82) is 0 Å². The van der Waals surface area contributed by atoms with Gasteiger partial charge in [-0.2, -0.15) is 0 Å². The monoisotopic (exact) mass is 262 g/mol. The lowest BCUT2D eigenvalue weighted by Gasteiger charge is -2.31. The van der Waals surface area contributed by atoms with Gasteiger partial charge in [0, 0.05) is 19.7 Å². The van der Waals surface area contributed by atoms with Crippen LogP contribution in [0.1, 0.15) is 32.1 Å². The van der Waals surface area contributed by atoms with Crippen LogP contribution in [0.2, 0.25) is 0 Å². The van der Waals surface area contributed by atoms with E-state index < -0.39 is 0 Å². The summed E-state index contributed by atoms with van der Waals surface area (Å²) in [6, 6.07) is 0. The predicted octanol–water partition coefficient (Wildman–Crippen LogP) is 1.91. The van der Waals surface area contributed by atoms with Gasteiger partial charge in [0.25, 0.3) is 0 Å². The summed E-state index contributed by atoms with van der Waals surface area (Å²) in [6.45, 7) is 5.77. The van der Waals surface area contributed by atoms with E-state index in [2.05, 4.69) is 17.3 Å². The highest BCUT2D eigenvalue weighted by atomic mass is 35.5. The van der Waals surface area contributed by atoms with Crippen LogP contribution < -0.4 is 5.32 Å². The fourth-order valence-electron chi connectivity index (χ4n) is 2.88. The van der Waals surface area contributed by atoms with E-state index in [1.54, 1.807) is 0 Å². The lowest BCUT2D eigenvalue weighted by atomic mass is 9.97. The van der Waals surface area contributed by atoms with Crippen molar-refractivity contribution >= 4 is 12.4 Å². The summed E-state index contributed by atoms with van der Waals surface area (Å²) in [5.74, 6) is 0.898. The predicted molar refractivity (Wildman–Crippen MR) is 73.9 cm³/mol. The Kier molecular flexibility index (Phi) is 7.44. The van der Waals surface area contributed by atoms with Crippen molar-refractivity contribution in [3.63, 3.8) is 0 Å². The molecular weight excluding hydrogens is 236 g/mol. The minimum atomic E-state index is 0. The number of piperidine rings is 1. The number of ether oxygens (including phenoxy) is 1. The Morgan fingerprint density at radius 3 is 2.53 bits per heavy atom. The maximum Gasteiger partial charge on any atom is 0.0701 e. The zero-order valence-corrected chi connectivity index (χ0v) is 11.8. The van der Waals surface area contributed by atoms with E-state index >= 15 is 0 Å². The van der Waals surface area contributed by atoms with E-state index in [1.165, 1.54) is 51.7 Å². The molecule has 2 aliphatic rings. The number of halogens is 1. The van der Waals surface area contributed by atoms with Crippen molar-refractivity contribution in [1.82, 2.24) is 10.2 Å².